The molecule has 1 heterocycles. The number of rotatable bonds is 9. The number of amides is 3. The topological polar surface area (TPSA) is 105 Å². The first-order valence-corrected chi connectivity index (χ1v) is 11.9. The normalized spacial score (nSPS) is 13.3. The van der Waals surface area contributed by atoms with Gasteiger partial charge in [0.15, 0.2) is 6.61 Å². The Morgan fingerprint density at radius 2 is 1.60 bits per heavy atom. The zero-order valence-electron chi connectivity index (χ0n) is 20.7. The van der Waals surface area contributed by atoms with Gasteiger partial charge in [0, 0.05) is 29.9 Å². The van der Waals surface area contributed by atoms with Crippen molar-refractivity contribution in [3.8, 4) is 0 Å². The van der Waals surface area contributed by atoms with Gasteiger partial charge in [-0.05, 0) is 53.6 Å². The second kappa shape index (κ2) is 11.6. The molecule has 2 N–H and O–H groups in total. The van der Waals surface area contributed by atoms with Gasteiger partial charge >= 0.3 is 5.97 Å². The molecule has 0 radical (unpaired) electrons. The summed E-state index contributed by atoms with van der Waals surface area (Å²) in [5.74, 6) is -1.10. The maximum Gasteiger partial charge on any atom is 0.325 e. The number of carbonyl (C=O) groups excluding carboxylic acids is 4. The van der Waals surface area contributed by atoms with Crippen molar-refractivity contribution < 1.29 is 23.9 Å². The molecule has 35 heavy (non-hydrogen) atoms. The van der Waals surface area contributed by atoms with Crippen molar-refractivity contribution in [1.29, 1.82) is 0 Å². The van der Waals surface area contributed by atoms with Crippen molar-refractivity contribution in [2.45, 2.75) is 52.4 Å². The summed E-state index contributed by atoms with van der Waals surface area (Å²) >= 11 is 0. The molecule has 2 aromatic carbocycles. The molecule has 0 aromatic heterocycles. The van der Waals surface area contributed by atoms with Crippen LogP contribution < -0.4 is 15.5 Å². The lowest BCUT2D eigenvalue weighted by Gasteiger charge is -2.20. The largest absolute Gasteiger partial charge is 0.454 e. The molecule has 0 atom stereocenters. The molecule has 1 saturated heterocycles. The van der Waals surface area contributed by atoms with Crippen LogP contribution in [0.15, 0.2) is 42.5 Å². The number of anilines is 2. The van der Waals surface area contributed by atoms with Crippen molar-refractivity contribution in [2.24, 2.45) is 0 Å². The van der Waals surface area contributed by atoms with Gasteiger partial charge in [0.05, 0.1) is 0 Å². The van der Waals surface area contributed by atoms with Crippen LogP contribution in [0.5, 0.6) is 0 Å². The van der Waals surface area contributed by atoms with Crippen molar-refractivity contribution in [3.63, 3.8) is 0 Å². The SMILES string of the molecule is CC(C)c1cccc(C(C)C)c1NC(=O)COC(=O)CNC(=O)c1ccc(N2CCCC2=O)cc1. The quantitative estimate of drug-likeness (QED) is 0.530. The minimum absolute atomic E-state index is 0.0714. The highest BCUT2D eigenvalue weighted by atomic mass is 16.5. The van der Waals surface area contributed by atoms with E-state index in [1.54, 1.807) is 29.2 Å². The van der Waals surface area contributed by atoms with Gasteiger partial charge in [0.25, 0.3) is 11.8 Å². The van der Waals surface area contributed by atoms with Crippen molar-refractivity contribution in [1.82, 2.24) is 5.32 Å². The van der Waals surface area contributed by atoms with E-state index in [1.165, 1.54) is 0 Å². The highest BCUT2D eigenvalue weighted by Gasteiger charge is 2.22. The number of nitrogens with zero attached hydrogens (tertiary/aromatic N) is 1. The van der Waals surface area contributed by atoms with Gasteiger partial charge in [-0.15, -0.1) is 0 Å². The van der Waals surface area contributed by atoms with Crippen LogP contribution >= 0.6 is 0 Å². The Labute approximate surface area is 206 Å². The van der Waals surface area contributed by atoms with Crippen LogP contribution in [0, 0.1) is 0 Å². The van der Waals surface area contributed by atoms with Crippen LogP contribution in [-0.4, -0.2) is 43.4 Å². The number of hydrogen-bond acceptors (Lipinski definition) is 5. The summed E-state index contributed by atoms with van der Waals surface area (Å²) in [6, 6.07) is 12.6. The Morgan fingerprint density at radius 1 is 0.971 bits per heavy atom. The fraction of sp³-hybridized carbons (Fsp3) is 0.407. The maximum absolute atomic E-state index is 12.5. The van der Waals surface area contributed by atoms with Crippen LogP contribution in [-0.2, 0) is 19.1 Å². The molecule has 1 aliphatic rings. The van der Waals surface area contributed by atoms with E-state index in [0.717, 1.165) is 28.9 Å². The molecule has 0 bridgehead atoms. The van der Waals surface area contributed by atoms with Crippen molar-refractivity contribution >= 4 is 35.1 Å². The third-order valence-corrected chi connectivity index (χ3v) is 5.91. The zero-order valence-corrected chi connectivity index (χ0v) is 20.7. The molecular formula is C27H33N3O5. The van der Waals surface area contributed by atoms with Gasteiger partial charge in [0.2, 0.25) is 5.91 Å². The predicted octanol–water partition coefficient (Wildman–Crippen LogP) is 3.97. The third kappa shape index (κ3) is 6.68. The lowest BCUT2D eigenvalue weighted by atomic mass is 9.92. The minimum atomic E-state index is -0.714. The zero-order chi connectivity index (χ0) is 25.5. The second-order valence-corrected chi connectivity index (χ2v) is 9.21. The molecule has 0 unspecified atom stereocenters. The second-order valence-electron chi connectivity index (χ2n) is 9.21. The fourth-order valence-corrected chi connectivity index (χ4v) is 4.04. The molecule has 3 rings (SSSR count). The first kappa shape index (κ1) is 25.9. The van der Waals surface area contributed by atoms with E-state index in [1.807, 2.05) is 18.2 Å². The molecule has 0 aliphatic carbocycles. The molecule has 3 amide bonds. The fourth-order valence-electron chi connectivity index (χ4n) is 4.04. The number of benzene rings is 2. The number of para-hydroxylation sites is 1. The molecule has 1 aliphatic heterocycles. The number of hydrogen-bond donors (Lipinski definition) is 2. The molecule has 1 fully saturated rings. The standard InChI is InChI=1S/C27H33N3O5/c1-17(2)21-7-5-8-22(18(3)4)26(21)29-23(31)16-35-25(33)15-28-27(34)19-10-12-20(13-11-19)30-14-6-9-24(30)32/h5,7-8,10-13,17-18H,6,9,14-16H2,1-4H3,(H,28,34)(H,29,31). The van der Waals surface area contributed by atoms with E-state index >= 15 is 0 Å². The van der Waals surface area contributed by atoms with Crippen LogP contribution in [0.2, 0.25) is 0 Å². The summed E-state index contributed by atoms with van der Waals surface area (Å²) in [6.45, 7) is 8.07. The smallest absolute Gasteiger partial charge is 0.325 e. The first-order valence-electron chi connectivity index (χ1n) is 11.9. The number of ether oxygens (including phenoxy) is 1. The van der Waals surface area contributed by atoms with E-state index in [-0.39, 0.29) is 24.3 Å². The summed E-state index contributed by atoms with van der Waals surface area (Å²) in [5, 5.41) is 5.38. The van der Waals surface area contributed by atoms with Gasteiger partial charge in [-0.2, -0.15) is 0 Å². The number of carbonyl (C=O) groups is 4. The Hall–Kier alpha value is -3.68. The molecule has 0 saturated carbocycles. The lowest BCUT2D eigenvalue weighted by Crippen LogP contribution is -2.32. The van der Waals surface area contributed by atoms with Crippen LogP contribution in [0.3, 0.4) is 0 Å². The third-order valence-electron chi connectivity index (χ3n) is 5.91. The average Bonchev–Trinajstić information content (AvgIpc) is 3.26. The summed E-state index contributed by atoms with van der Waals surface area (Å²) in [6.07, 6.45) is 1.36. The van der Waals surface area contributed by atoms with Crippen LogP contribution in [0.25, 0.3) is 0 Å². The summed E-state index contributed by atoms with van der Waals surface area (Å²) < 4.78 is 5.05. The van der Waals surface area contributed by atoms with Gasteiger partial charge in [-0.1, -0.05) is 45.9 Å². The average molecular weight is 480 g/mol. The Kier molecular flexibility index (Phi) is 8.63. The lowest BCUT2D eigenvalue weighted by molar-refractivity contribution is -0.146. The molecule has 8 nitrogen and oxygen atoms in total. The van der Waals surface area contributed by atoms with Gasteiger partial charge in [0.1, 0.15) is 6.54 Å². The van der Waals surface area contributed by atoms with E-state index in [2.05, 4.69) is 38.3 Å². The summed E-state index contributed by atoms with van der Waals surface area (Å²) in [7, 11) is 0. The van der Waals surface area contributed by atoms with Crippen LogP contribution in [0.4, 0.5) is 11.4 Å². The number of nitrogens with one attached hydrogen (secondary N) is 2. The van der Waals surface area contributed by atoms with Gasteiger partial charge < -0.3 is 20.3 Å². The monoisotopic (exact) mass is 479 g/mol. The van der Waals surface area contributed by atoms with Crippen LogP contribution in [0.1, 0.15) is 73.9 Å². The highest BCUT2D eigenvalue weighted by molar-refractivity contribution is 5.99. The first-order chi connectivity index (χ1) is 16.7. The molecule has 0 spiro atoms. The predicted molar refractivity (Wildman–Crippen MR) is 135 cm³/mol. The summed E-state index contributed by atoms with van der Waals surface area (Å²) in [5.41, 5.74) is 3.89. The number of esters is 1. The molecular weight excluding hydrogens is 446 g/mol. The van der Waals surface area contributed by atoms with E-state index < -0.39 is 24.4 Å². The van der Waals surface area contributed by atoms with E-state index in [9.17, 15) is 19.2 Å². The Balaban J connectivity index is 1.49. The Morgan fingerprint density at radius 3 is 2.14 bits per heavy atom. The molecule has 8 heteroatoms. The molecule has 186 valence electrons. The minimum Gasteiger partial charge on any atom is -0.454 e. The maximum atomic E-state index is 12.5. The summed E-state index contributed by atoms with van der Waals surface area (Å²) in [4.78, 5) is 50.5. The van der Waals surface area contributed by atoms with Gasteiger partial charge in [-0.3, -0.25) is 19.2 Å². The van der Waals surface area contributed by atoms with Gasteiger partial charge in [-0.25, -0.2) is 0 Å². The van der Waals surface area contributed by atoms with E-state index in [4.69, 9.17) is 4.74 Å². The molecule has 2 aromatic rings. The highest BCUT2D eigenvalue weighted by Crippen LogP contribution is 2.32. The van der Waals surface area contributed by atoms with Crippen molar-refractivity contribution in [2.75, 3.05) is 29.9 Å². The van der Waals surface area contributed by atoms with Crippen molar-refractivity contribution in [3.05, 3.63) is 59.2 Å². The Bertz CT molecular complexity index is 1070. The van der Waals surface area contributed by atoms with E-state index in [0.29, 0.717) is 18.5 Å².